The van der Waals surface area contributed by atoms with Crippen molar-refractivity contribution in [3.8, 4) is 0 Å². The predicted molar refractivity (Wildman–Crippen MR) is 104 cm³/mol. The SMILES string of the molecule is NCC1CCC(CN(Cc2ccncc2)Cc2c(F)cccc2Cl)CC1. The Bertz CT molecular complexity index is 667. The van der Waals surface area contributed by atoms with Gasteiger partial charge in [-0.1, -0.05) is 17.7 Å². The fourth-order valence-corrected chi connectivity index (χ4v) is 4.08. The zero-order valence-corrected chi connectivity index (χ0v) is 15.8. The van der Waals surface area contributed by atoms with Crippen LogP contribution >= 0.6 is 11.6 Å². The number of halogens is 2. The first-order chi connectivity index (χ1) is 12.7. The molecule has 3 nitrogen and oxygen atoms in total. The van der Waals surface area contributed by atoms with Crippen LogP contribution in [0.2, 0.25) is 5.02 Å². The highest BCUT2D eigenvalue weighted by Gasteiger charge is 2.23. The van der Waals surface area contributed by atoms with Crippen LogP contribution in [-0.2, 0) is 13.1 Å². The number of benzene rings is 1. The second-order valence-corrected chi connectivity index (χ2v) is 7.75. The zero-order valence-electron chi connectivity index (χ0n) is 15.1. The van der Waals surface area contributed by atoms with Gasteiger partial charge in [-0.2, -0.15) is 0 Å². The molecule has 1 aliphatic carbocycles. The lowest BCUT2D eigenvalue weighted by Crippen LogP contribution is -2.32. The smallest absolute Gasteiger partial charge is 0.129 e. The van der Waals surface area contributed by atoms with Gasteiger partial charge in [-0.15, -0.1) is 0 Å². The van der Waals surface area contributed by atoms with Crippen LogP contribution in [0.1, 0.15) is 36.8 Å². The number of nitrogens with two attached hydrogens (primary N) is 1. The molecule has 26 heavy (non-hydrogen) atoms. The van der Waals surface area contributed by atoms with E-state index in [4.69, 9.17) is 17.3 Å². The fourth-order valence-electron chi connectivity index (χ4n) is 3.85. The van der Waals surface area contributed by atoms with Crippen LogP contribution < -0.4 is 5.73 Å². The molecule has 0 radical (unpaired) electrons. The molecular weight excluding hydrogens is 349 g/mol. The molecular formula is C21H27ClFN3. The number of hydrogen-bond donors (Lipinski definition) is 1. The van der Waals surface area contributed by atoms with Crippen molar-refractivity contribution in [1.29, 1.82) is 0 Å². The van der Waals surface area contributed by atoms with Gasteiger partial charge >= 0.3 is 0 Å². The zero-order chi connectivity index (χ0) is 18.4. The molecule has 140 valence electrons. The van der Waals surface area contributed by atoms with E-state index in [9.17, 15) is 4.39 Å². The number of nitrogens with zero attached hydrogens (tertiary/aromatic N) is 2. The van der Waals surface area contributed by atoms with Crippen LogP contribution in [0.15, 0.2) is 42.7 Å². The molecule has 0 aliphatic heterocycles. The summed E-state index contributed by atoms with van der Waals surface area (Å²) in [6.07, 6.45) is 8.39. The van der Waals surface area contributed by atoms with E-state index in [1.807, 2.05) is 12.1 Å². The average Bonchev–Trinajstić information content (AvgIpc) is 2.66. The maximum atomic E-state index is 14.3. The third-order valence-electron chi connectivity index (χ3n) is 5.42. The fraction of sp³-hybridized carbons (Fsp3) is 0.476. The van der Waals surface area contributed by atoms with Crippen LogP contribution in [0, 0.1) is 17.7 Å². The largest absolute Gasteiger partial charge is 0.330 e. The minimum absolute atomic E-state index is 0.232. The van der Waals surface area contributed by atoms with Gasteiger partial charge in [-0.3, -0.25) is 9.88 Å². The van der Waals surface area contributed by atoms with Crippen molar-refractivity contribution < 1.29 is 4.39 Å². The molecule has 1 aromatic heterocycles. The lowest BCUT2D eigenvalue weighted by molar-refractivity contribution is 0.168. The standard InChI is InChI=1S/C21H27ClFN3/c22-20-2-1-3-21(23)19(20)15-26(14-18-8-10-25-11-9-18)13-17-6-4-16(12-24)5-7-17/h1-3,8-11,16-17H,4-7,12-15,24H2. The van der Waals surface area contributed by atoms with Gasteiger partial charge in [0.1, 0.15) is 5.82 Å². The van der Waals surface area contributed by atoms with Gasteiger partial charge in [0.2, 0.25) is 0 Å². The summed E-state index contributed by atoms with van der Waals surface area (Å²) >= 11 is 6.27. The number of rotatable bonds is 7. The minimum Gasteiger partial charge on any atom is -0.330 e. The van der Waals surface area contributed by atoms with Crippen LogP contribution in [0.3, 0.4) is 0 Å². The normalized spacial score (nSPS) is 20.5. The lowest BCUT2D eigenvalue weighted by atomic mass is 9.82. The Labute approximate surface area is 160 Å². The summed E-state index contributed by atoms with van der Waals surface area (Å²) in [5.74, 6) is 1.06. The molecule has 1 heterocycles. The quantitative estimate of drug-likeness (QED) is 0.766. The molecule has 0 saturated heterocycles. The highest BCUT2D eigenvalue weighted by molar-refractivity contribution is 6.31. The van der Waals surface area contributed by atoms with E-state index in [1.54, 1.807) is 24.5 Å². The van der Waals surface area contributed by atoms with Crippen LogP contribution in [-0.4, -0.2) is 23.0 Å². The van der Waals surface area contributed by atoms with Gasteiger partial charge in [0, 0.05) is 42.6 Å². The highest BCUT2D eigenvalue weighted by Crippen LogP contribution is 2.30. The molecule has 3 rings (SSSR count). The molecule has 2 N–H and O–H groups in total. The summed E-state index contributed by atoms with van der Waals surface area (Å²) in [6.45, 7) is 3.03. The molecule has 0 bridgehead atoms. The second kappa shape index (κ2) is 9.45. The van der Waals surface area contributed by atoms with E-state index >= 15 is 0 Å². The summed E-state index contributed by atoms with van der Waals surface area (Å²) in [5.41, 5.74) is 7.58. The molecule has 1 aliphatic rings. The van der Waals surface area contributed by atoms with Crippen molar-refractivity contribution in [3.63, 3.8) is 0 Å². The Morgan fingerprint density at radius 2 is 1.73 bits per heavy atom. The van der Waals surface area contributed by atoms with Crippen LogP contribution in [0.4, 0.5) is 4.39 Å². The van der Waals surface area contributed by atoms with Crippen molar-refractivity contribution in [1.82, 2.24) is 9.88 Å². The van der Waals surface area contributed by atoms with Gasteiger partial charge in [-0.25, -0.2) is 4.39 Å². The molecule has 0 amide bonds. The Hall–Kier alpha value is -1.49. The third kappa shape index (κ3) is 5.26. The first-order valence-electron chi connectivity index (χ1n) is 9.40. The van der Waals surface area contributed by atoms with Gasteiger partial charge in [0.15, 0.2) is 0 Å². The predicted octanol–water partition coefficient (Wildman–Crippen LogP) is 4.64. The van der Waals surface area contributed by atoms with Crippen molar-refractivity contribution >= 4 is 11.6 Å². The maximum Gasteiger partial charge on any atom is 0.129 e. The van der Waals surface area contributed by atoms with Crippen molar-refractivity contribution in [2.24, 2.45) is 17.6 Å². The van der Waals surface area contributed by atoms with Crippen molar-refractivity contribution in [2.75, 3.05) is 13.1 Å². The minimum atomic E-state index is -0.232. The van der Waals surface area contributed by atoms with E-state index in [2.05, 4.69) is 9.88 Å². The van der Waals surface area contributed by atoms with Crippen LogP contribution in [0.5, 0.6) is 0 Å². The Morgan fingerprint density at radius 1 is 1.04 bits per heavy atom. The summed E-state index contributed by atoms with van der Waals surface area (Å²) in [6, 6.07) is 8.93. The second-order valence-electron chi connectivity index (χ2n) is 7.35. The van der Waals surface area contributed by atoms with Gasteiger partial charge < -0.3 is 5.73 Å². The first kappa shape index (κ1) is 19.3. The molecule has 1 aromatic carbocycles. The molecule has 0 atom stereocenters. The highest BCUT2D eigenvalue weighted by atomic mass is 35.5. The van der Waals surface area contributed by atoms with Crippen LogP contribution in [0.25, 0.3) is 0 Å². The van der Waals surface area contributed by atoms with E-state index < -0.39 is 0 Å². The Morgan fingerprint density at radius 3 is 2.38 bits per heavy atom. The number of hydrogen-bond acceptors (Lipinski definition) is 3. The van der Waals surface area contributed by atoms with Gasteiger partial charge in [0.05, 0.1) is 0 Å². The molecule has 0 spiro atoms. The monoisotopic (exact) mass is 375 g/mol. The summed E-state index contributed by atoms with van der Waals surface area (Å²) in [4.78, 5) is 6.40. The van der Waals surface area contributed by atoms with Gasteiger partial charge in [0.25, 0.3) is 0 Å². The van der Waals surface area contributed by atoms with E-state index in [-0.39, 0.29) is 5.82 Å². The summed E-state index contributed by atoms with van der Waals surface area (Å²) in [5, 5.41) is 0.497. The van der Waals surface area contributed by atoms with Crippen molar-refractivity contribution in [3.05, 3.63) is 64.7 Å². The van der Waals surface area contributed by atoms with Crippen molar-refractivity contribution in [2.45, 2.75) is 38.8 Å². The average molecular weight is 376 g/mol. The molecule has 1 fully saturated rings. The molecule has 0 unspecified atom stereocenters. The summed E-state index contributed by atoms with van der Waals surface area (Å²) in [7, 11) is 0. The third-order valence-corrected chi connectivity index (χ3v) is 5.77. The van der Waals surface area contributed by atoms with E-state index in [1.165, 1.54) is 37.3 Å². The van der Waals surface area contributed by atoms with Gasteiger partial charge in [-0.05, 0) is 73.9 Å². The summed E-state index contributed by atoms with van der Waals surface area (Å²) < 4.78 is 14.3. The molecule has 2 aromatic rings. The first-order valence-corrected chi connectivity index (χ1v) is 9.77. The maximum absolute atomic E-state index is 14.3. The Kier molecular flexibility index (Phi) is 7.00. The number of pyridine rings is 1. The molecule has 5 heteroatoms. The lowest BCUT2D eigenvalue weighted by Gasteiger charge is -2.32. The Balaban J connectivity index is 1.71. The van der Waals surface area contributed by atoms with E-state index in [0.29, 0.717) is 29.0 Å². The topological polar surface area (TPSA) is 42.1 Å². The molecule has 1 saturated carbocycles. The van der Waals surface area contributed by atoms with E-state index in [0.717, 1.165) is 19.6 Å². The number of aromatic nitrogens is 1.